The maximum Gasteiger partial charge on any atom is 0.339 e. The van der Waals surface area contributed by atoms with E-state index in [1.807, 2.05) is 25.1 Å². The molecule has 3 rings (SSSR count). The molecule has 0 bridgehead atoms. The number of carbonyl (C=O) groups excluding carboxylic acids is 1. The largest absolute Gasteiger partial charge is 0.462 e. The topological polar surface area (TPSA) is 114 Å². The van der Waals surface area contributed by atoms with Gasteiger partial charge in [0.1, 0.15) is 5.82 Å². The number of piperazine rings is 1. The van der Waals surface area contributed by atoms with Gasteiger partial charge in [0.15, 0.2) is 5.82 Å². The van der Waals surface area contributed by atoms with Gasteiger partial charge in [0, 0.05) is 46.5 Å². The summed E-state index contributed by atoms with van der Waals surface area (Å²) in [6, 6.07) is 3.65. The average Bonchev–Trinajstić information content (AvgIpc) is 2.73. The smallest absolute Gasteiger partial charge is 0.339 e. The second kappa shape index (κ2) is 8.99. The average molecular weight is 400 g/mol. The van der Waals surface area contributed by atoms with Gasteiger partial charge < -0.3 is 20.3 Å². The maximum atomic E-state index is 11.8. The van der Waals surface area contributed by atoms with Crippen LogP contribution >= 0.6 is 0 Å². The number of carbonyl (C=O) groups is 1. The number of nitrogens with zero attached hydrogens (tertiary/aromatic N) is 7. The van der Waals surface area contributed by atoms with Crippen molar-refractivity contribution in [2.75, 3.05) is 62.4 Å². The Hall–Kier alpha value is -3.01. The highest BCUT2D eigenvalue weighted by molar-refractivity contribution is 5.89. The predicted octanol–water partition coefficient (Wildman–Crippen LogP) is 0.975. The van der Waals surface area contributed by atoms with Crippen LogP contribution < -0.4 is 15.5 Å². The summed E-state index contributed by atoms with van der Waals surface area (Å²) in [5.74, 6) is 1.97. The molecule has 0 amide bonds. The second-order valence-electron chi connectivity index (χ2n) is 7.07. The van der Waals surface area contributed by atoms with Gasteiger partial charge in [-0.3, -0.25) is 4.90 Å². The predicted molar refractivity (Wildman–Crippen MR) is 111 cm³/mol. The molecule has 2 aromatic rings. The SMILES string of the molecule is CCOC(=O)c1ccc(N2CCN(C(C)c3nc(N)nc(N(C)C)n3)CC2)nc1. The van der Waals surface area contributed by atoms with E-state index in [4.69, 9.17) is 10.5 Å². The third-order valence-electron chi connectivity index (χ3n) is 4.88. The highest BCUT2D eigenvalue weighted by Gasteiger charge is 2.25. The molecule has 3 heterocycles. The molecule has 29 heavy (non-hydrogen) atoms. The number of aromatic nitrogens is 4. The number of hydrogen-bond acceptors (Lipinski definition) is 10. The van der Waals surface area contributed by atoms with E-state index in [2.05, 4.69) is 36.7 Å². The highest BCUT2D eigenvalue weighted by Crippen LogP contribution is 2.22. The minimum Gasteiger partial charge on any atom is -0.462 e. The minimum atomic E-state index is -0.348. The number of nitrogens with two attached hydrogens (primary N) is 1. The quantitative estimate of drug-likeness (QED) is 0.704. The Labute approximate surface area is 170 Å². The van der Waals surface area contributed by atoms with Crippen molar-refractivity contribution < 1.29 is 9.53 Å². The van der Waals surface area contributed by atoms with Crippen LogP contribution in [-0.2, 0) is 4.74 Å². The number of rotatable bonds is 6. The van der Waals surface area contributed by atoms with E-state index < -0.39 is 0 Å². The Morgan fingerprint density at radius 3 is 2.52 bits per heavy atom. The van der Waals surface area contributed by atoms with Gasteiger partial charge in [-0.2, -0.15) is 15.0 Å². The zero-order valence-corrected chi connectivity index (χ0v) is 17.4. The molecule has 1 fully saturated rings. The van der Waals surface area contributed by atoms with Gasteiger partial charge in [-0.05, 0) is 26.0 Å². The fraction of sp³-hybridized carbons (Fsp3) is 0.526. The van der Waals surface area contributed by atoms with Crippen LogP contribution in [-0.4, -0.2) is 77.7 Å². The van der Waals surface area contributed by atoms with Crippen molar-refractivity contribution in [3.63, 3.8) is 0 Å². The van der Waals surface area contributed by atoms with E-state index >= 15 is 0 Å². The third-order valence-corrected chi connectivity index (χ3v) is 4.88. The molecular formula is C19H28N8O2. The molecule has 0 aromatic carbocycles. The molecule has 1 unspecified atom stereocenters. The lowest BCUT2D eigenvalue weighted by atomic mass is 10.2. The fourth-order valence-electron chi connectivity index (χ4n) is 3.19. The van der Waals surface area contributed by atoms with Gasteiger partial charge in [0.2, 0.25) is 11.9 Å². The maximum absolute atomic E-state index is 11.8. The molecule has 0 spiro atoms. The molecule has 1 aliphatic heterocycles. The summed E-state index contributed by atoms with van der Waals surface area (Å²) in [6.07, 6.45) is 1.57. The molecule has 156 valence electrons. The molecule has 0 radical (unpaired) electrons. The van der Waals surface area contributed by atoms with E-state index in [9.17, 15) is 4.79 Å². The first-order valence-corrected chi connectivity index (χ1v) is 9.70. The van der Waals surface area contributed by atoms with E-state index in [0.29, 0.717) is 23.9 Å². The normalized spacial score (nSPS) is 15.8. The van der Waals surface area contributed by atoms with E-state index in [-0.39, 0.29) is 18.0 Å². The highest BCUT2D eigenvalue weighted by atomic mass is 16.5. The van der Waals surface area contributed by atoms with Gasteiger partial charge in [-0.25, -0.2) is 9.78 Å². The lowest BCUT2D eigenvalue weighted by Gasteiger charge is -2.38. The van der Waals surface area contributed by atoms with Crippen LogP contribution in [0.5, 0.6) is 0 Å². The molecule has 1 atom stereocenters. The van der Waals surface area contributed by atoms with Crippen LogP contribution in [0.3, 0.4) is 0 Å². The first-order valence-electron chi connectivity index (χ1n) is 9.70. The van der Waals surface area contributed by atoms with Gasteiger partial charge in [0.25, 0.3) is 0 Å². The molecule has 10 heteroatoms. The number of hydrogen-bond donors (Lipinski definition) is 1. The van der Waals surface area contributed by atoms with Crippen molar-refractivity contribution in [1.82, 2.24) is 24.8 Å². The minimum absolute atomic E-state index is 0.0281. The Balaban J connectivity index is 1.62. The van der Waals surface area contributed by atoms with Crippen LogP contribution in [0.1, 0.15) is 36.1 Å². The van der Waals surface area contributed by atoms with Crippen LogP contribution in [0, 0.1) is 0 Å². The van der Waals surface area contributed by atoms with Gasteiger partial charge in [-0.15, -0.1) is 0 Å². The Bertz CT molecular complexity index is 835. The zero-order valence-electron chi connectivity index (χ0n) is 17.4. The first-order chi connectivity index (χ1) is 13.9. The molecule has 0 aliphatic carbocycles. The van der Waals surface area contributed by atoms with Crippen molar-refractivity contribution in [2.24, 2.45) is 0 Å². The number of esters is 1. The van der Waals surface area contributed by atoms with Gasteiger partial charge >= 0.3 is 5.97 Å². The molecule has 0 saturated carbocycles. The molecule has 1 saturated heterocycles. The lowest BCUT2D eigenvalue weighted by Crippen LogP contribution is -2.47. The Kier molecular flexibility index (Phi) is 6.42. The molecule has 1 aliphatic rings. The van der Waals surface area contributed by atoms with Crippen molar-refractivity contribution in [3.05, 3.63) is 29.7 Å². The van der Waals surface area contributed by atoms with Gasteiger partial charge in [-0.1, -0.05) is 0 Å². The van der Waals surface area contributed by atoms with Crippen molar-refractivity contribution in [2.45, 2.75) is 19.9 Å². The van der Waals surface area contributed by atoms with Crippen LogP contribution in [0.2, 0.25) is 0 Å². The van der Waals surface area contributed by atoms with Crippen molar-refractivity contribution in [1.29, 1.82) is 0 Å². The zero-order chi connectivity index (χ0) is 21.0. The summed E-state index contributed by atoms with van der Waals surface area (Å²) in [4.78, 5) is 35.5. The third kappa shape index (κ3) is 4.89. The molecule has 2 aromatic heterocycles. The molecule has 2 N–H and O–H groups in total. The van der Waals surface area contributed by atoms with Crippen molar-refractivity contribution in [3.8, 4) is 0 Å². The standard InChI is InChI=1S/C19H28N8O2/c1-5-29-17(28)14-6-7-15(21-12-14)27-10-8-26(9-11-27)13(2)16-22-18(20)24-19(23-16)25(3)4/h6-7,12-13H,5,8-11H2,1-4H3,(H2,20,22,23,24). The molecular weight excluding hydrogens is 372 g/mol. The van der Waals surface area contributed by atoms with E-state index in [0.717, 1.165) is 32.0 Å². The fourth-order valence-corrected chi connectivity index (χ4v) is 3.19. The summed E-state index contributed by atoms with van der Waals surface area (Å²) in [6.45, 7) is 7.53. The van der Waals surface area contributed by atoms with Crippen LogP contribution in [0.4, 0.5) is 17.7 Å². The monoisotopic (exact) mass is 400 g/mol. The number of anilines is 3. The molecule has 10 nitrogen and oxygen atoms in total. The van der Waals surface area contributed by atoms with Gasteiger partial charge in [0.05, 0.1) is 18.2 Å². The Morgan fingerprint density at radius 1 is 1.21 bits per heavy atom. The van der Waals surface area contributed by atoms with Crippen LogP contribution in [0.25, 0.3) is 0 Å². The lowest BCUT2D eigenvalue weighted by molar-refractivity contribution is 0.0526. The summed E-state index contributed by atoms with van der Waals surface area (Å²) in [5, 5.41) is 0. The summed E-state index contributed by atoms with van der Waals surface area (Å²) >= 11 is 0. The Morgan fingerprint density at radius 2 is 1.93 bits per heavy atom. The number of pyridine rings is 1. The summed E-state index contributed by atoms with van der Waals surface area (Å²) in [5.41, 5.74) is 6.32. The summed E-state index contributed by atoms with van der Waals surface area (Å²) < 4.78 is 5.00. The van der Waals surface area contributed by atoms with E-state index in [1.165, 1.54) is 0 Å². The number of nitrogen functional groups attached to an aromatic ring is 1. The van der Waals surface area contributed by atoms with E-state index in [1.54, 1.807) is 19.2 Å². The first kappa shape index (κ1) is 20.7. The van der Waals surface area contributed by atoms with Crippen molar-refractivity contribution >= 4 is 23.7 Å². The number of ether oxygens (including phenoxy) is 1. The second-order valence-corrected chi connectivity index (χ2v) is 7.07. The summed E-state index contributed by atoms with van der Waals surface area (Å²) in [7, 11) is 3.75. The van der Waals surface area contributed by atoms with Crippen LogP contribution in [0.15, 0.2) is 18.3 Å².